The van der Waals surface area contributed by atoms with Gasteiger partial charge in [0.15, 0.2) is 4.96 Å². The zero-order chi connectivity index (χ0) is 17.2. The summed E-state index contributed by atoms with van der Waals surface area (Å²) in [5.74, 6) is 0.248. The lowest BCUT2D eigenvalue weighted by molar-refractivity contribution is 0.0939. The quantitative estimate of drug-likeness (QED) is 0.747. The van der Waals surface area contributed by atoms with Gasteiger partial charge in [-0.15, -0.1) is 0 Å². The van der Waals surface area contributed by atoms with E-state index in [9.17, 15) is 9.18 Å². The third-order valence-corrected chi connectivity index (χ3v) is 5.84. The zero-order valence-corrected chi connectivity index (χ0v) is 14.7. The molecule has 0 bridgehead atoms. The molecule has 1 amide bonds. The standard InChI is InChI=1S/C19H20FN3OS/c20-15-8-6-14(7-9-15)17-12-23-11-16(22-19(23)25-17)18(24)21-10-13-4-2-1-3-5-13/h6-9,11-13H,1-5,10H2,(H,21,24). The monoisotopic (exact) mass is 357 g/mol. The van der Waals surface area contributed by atoms with Crippen molar-refractivity contribution in [3.63, 3.8) is 0 Å². The van der Waals surface area contributed by atoms with E-state index in [1.54, 1.807) is 18.3 Å². The van der Waals surface area contributed by atoms with Crippen LogP contribution in [0, 0.1) is 11.7 Å². The van der Waals surface area contributed by atoms with Crippen LogP contribution >= 0.6 is 11.3 Å². The summed E-state index contributed by atoms with van der Waals surface area (Å²) >= 11 is 1.49. The van der Waals surface area contributed by atoms with E-state index < -0.39 is 0 Å². The molecule has 4 nitrogen and oxygen atoms in total. The van der Waals surface area contributed by atoms with Gasteiger partial charge in [-0.05, 0) is 36.5 Å². The molecule has 1 aromatic carbocycles. The highest BCUT2D eigenvalue weighted by atomic mass is 32.1. The molecule has 6 heteroatoms. The van der Waals surface area contributed by atoms with Crippen LogP contribution in [0.3, 0.4) is 0 Å². The zero-order valence-electron chi connectivity index (χ0n) is 13.9. The number of fused-ring (bicyclic) bond motifs is 1. The molecule has 2 heterocycles. The molecule has 130 valence electrons. The Hall–Kier alpha value is -2.21. The maximum absolute atomic E-state index is 13.0. The SMILES string of the molecule is O=C(NCC1CCCCC1)c1cn2cc(-c3ccc(F)cc3)sc2n1. The van der Waals surface area contributed by atoms with Crippen LogP contribution in [-0.2, 0) is 0 Å². The Morgan fingerprint density at radius 2 is 1.96 bits per heavy atom. The second kappa shape index (κ2) is 6.96. The molecular formula is C19H20FN3OS. The minimum Gasteiger partial charge on any atom is -0.350 e. The normalized spacial score (nSPS) is 15.6. The van der Waals surface area contributed by atoms with Crippen molar-refractivity contribution in [2.24, 2.45) is 5.92 Å². The van der Waals surface area contributed by atoms with Crippen molar-refractivity contribution in [3.05, 3.63) is 48.2 Å². The van der Waals surface area contributed by atoms with Crippen LogP contribution in [0.1, 0.15) is 42.6 Å². The molecule has 1 saturated carbocycles. The minimum atomic E-state index is -0.248. The number of rotatable bonds is 4. The summed E-state index contributed by atoms with van der Waals surface area (Å²) in [7, 11) is 0. The summed E-state index contributed by atoms with van der Waals surface area (Å²) in [5, 5.41) is 3.02. The second-order valence-corrected chi connectivity index (χ2v) is 7.64. The van der Waals surface area contributed by atoms with Gasteiger partial charge in [0, 0.05) is 18.9 Å². The van der Waals surface area contributed by atoms with Gasteiger partial charge in [0.1, 0.15) is 11.5 Å². The van der Waals surface area contributed by atoms with Gasteiger partial charge in [-0.2, -0.15) is 0 Å². The molecule has 0 aliphatic heterocycles. The molecule has 1 aliphatic rings. The van der Waals surface area contributed by atoms with Crippen molar-refractivity contribution in [3.8, 4) is 10.4 Å². The number of hydrogen-bond acceptors (Lipinski definition) is 3. The summed E-state index contributed by atoms with van der Waals surface area (Å²) in [6.07, 6.45) is 9.96. The maximum atomic E-state index is 13.0. The molecule has 4 rings (SSSR count). The van der Waals surface area contributed by atoms with Crippen molar-refractivity contribution < 1.29 is 9.18 Å². The average Bonchev–Trinajstić information content (AvgIpc) is 3.20. The average molecular weight is 357 g/mol. The number of thiazole rings is 1. The van der Waals surface area contributed by atoms with Crippen molar-refractivity contribution >= 4 is 22.2 Å². The summed E-state index contributed by atoms with van der Waals surface area (Å²) in [5.41, 5.74) is 1.40. The minimum absolute atomic E-state index is 0.107. The van der Waals surface area contributed by atoms with Crippen molar-refractivity contribution in [2.75, 3.05) is 6.54 Å². The number of carbonyl (C=O) groups excluding carboxylic acids is 1. The highest BCUT2D eigenvalue weighted by Crippen LogP contribution is 2.28. The molecule has 1 N–H and O–H groups in total. The molecule has 0 radical (unpaired) electrons. The van der Waals surface area contributed by atoms with E-state index in [1.807, 2.05) is 10.6 Å². The highest BCUT2D eigenvalue weighted by Gasteiger charge is 2.17. The van der Waals surface area contributed by atoms with Gasteiger partial charge < -0.3 is 5.32 Å². The lowest BCUT2D eigenvalue weighted by Crippen LogP contribution is -2.30. The summed E-state index contributed by atoms with van der Waals surface area (Å²) in [6, 6.07) is 6.39. The van der Waals surface area contributed by atoms with Crippen LogP contribution < -0.4 is 5.32 Å². The van der Waals surface area contributed by atoms with E-state index in [2.05, 4.69) is 10.3 Å². The fraction of sp³-hybridized carbons (Fsp3) is 0.368. The first-order valence-electron chi connectivity index (χ1n) is 8.72. The first-order valence-corrected chi connectivity index (χ1v) is 9.53. The van der Waals surface area contributed by atoms with Crippen molar-refractivity contribution in [1.82, 2.24) is 14.7 Å². The summed E-state index contributed by atoms with van der Waals surface area (Å²) < 4.78 is 14.9. The molecule has 0 atom stereocenters. The number of hydrogen-bond donors (Lipinski definition) is 1. The van der Waals surface area contributed by atoms with E-state index >= 15 is 0 Å². The number of imidazole rings is 1. The number of amides is 1. The Kier molecular flexibility index (Phi) is 4.53. The van der Waals surface area contributed by atoms with Crippen molar-refractivity contribution in [2.45, 2.75) is 32.1 Å². The molecule has 2 aromatic heterocycles. The van der Waals surface area contributed by atoms with Gasteiger partial charge in [-0.1, -0.05) is 42.7 Å². The largest absolute Gasteiger partial charge is 0.350 e. The van der Waals surface area contributed by atoms with E-state index in [4.69, 9.17) is 0 Å². The molecule has 3 aromatic rings. The summed E-state index contributed by atoms with van der Waals surface area (Å²) in [6.45, 7) is 0.741. The predicted octanol–water partition coefficient (Wildman–Crippen LogP) is 4.51. The molecule has 0 unspecified atom stereocenters. The van der Waals surface area contributed by atoms with Crippen LogP contribution in [0.2, 0.25) is 0 Å². The number of carbonyl (C=O) groups is 1. The number of benzene rings is 1. The van der Waals surface area contributed by atoms with Gasteiger partial charge in [0.05, 0.1) is 4.88 Å². The van der Waals surface area contributed by atoms with E-state index in [0.717, 1.165) is 21.9 Å². The Morgan fingerprint density at radius 3 is 2.68 bits per heavy atom. The number of aromatic nitrogens is 2. The Labute approximate surface area is 149 Å². The van der Waals surface area contributed by atoms with Gasteiger partial charge in [0.25, 0.3) is 5.91 Å². The van der Waals surface area contributed by atoms with Gasteiger partial charge >= 0.3 is 0 Å². The van der Waals surface area contributed by atoms with Gasteiger partial charge in [-0.25, -0.2) is 9.37 Å². The van der Waals surface area contributed by atoms with E-state index in [-0.39, 0.29) is 11.7 Å². The van der Waals surface area contributed by atoms with E-state index in [0.29, 0.717) is 11.6 Å². The molecule has 1 aliphatic carbocycles. The Bertz CT molecular complexity index is 846. The topological polar surface area (TPSA) is 46.4 Å². The van der Waals surface area contributed by atoms with Crippen LogP contribution in [0.15, 0.2) is 36.7 Å². The highest BCUT2D eigenvalue weighted by molar-refractivity contribution is 7.20. The fourth-order valence-electron chi connectivity index (χ4n) is 3.37. The molecule has 0 saturated heterocycles. The van der Waals surface area contributed by atoms with Crippen molar-refractivity contribution in [1.29, 1.82) is 0 Å². The third-order valence-electron chi connectivity index (χ3n) is 4.79. The molecule has 1 fully saturated rings. The lowest BCUT2D eigenvalue weighted by atomic mass is 9.89. The Balaban J connectivity index is 1.45. The van der Waals surface area contributed by atoms with E-state index in [1.165, 1.54) is 55.6 Å². The molecular weight excluding hydrogens is 337 g/mol. The number of nitrogens with zero attached hydrogens (tertiary/aromatic N) is 2. The van der Waals surface area contributed by atoms with Crippen LogP contribution in [0.25, 0.3) is 15.4 Å². The fourth-order valence-corrected chi connectivity index (χ4v) is 4.34. The maximum Gasteiger partial charge on any atom is 0.271 e. The predicted molar refractivity (Wildman–Crippen MR) is 97.4 cm³/mol. The number of nitrogens with one attached hydrogen (secondary N) is 1. The number of halogens is 1. The van der Waals surface area contributed by atoms with Gasteiger partial charge in [-0.3, -0.25) is 9.20 Å². The van der Waals surface area contributed by atoms with Crippen LogP contribution in [0.4, 0.5) is 4.39 Å². The van der Waals surface area contributed by atoms with Crippen LogP contribution in [-0.4, -0.2) is 21.8 Å². The molecule has 25 heavy (non-hydrogen) atoms. The molecule has 0 spiro atoms. The second-order valence-electron chi connectivity index (χ2n) is 6.63. The van der Waals surface area contributed by atoms with Crippen LogP contribution in [0.5, 0.6) is 0 Å². The van der Waals surface area contributed by atoms with Gasteiger partial charge in [0.2, 0.25) is 0 Å². The summed E-state index contributed by atoms with van der Waals surface area (Å²) in [4.78, 5) is 18.5. The lowest BCUT2D eigenvalue weighted by Gasteiger charge is -2.21. The Morgan fingerprint density at radius 1 is 1.20 bits per heavy atom. The first kappa shape index (κ1) is 16.3. The third kappa shape index (κ3) is 3.58. The smallest absolute Gasteiger partial charge is 0.271 e. The first-order chi connectivity index (χ1) is 12.2.